The number of nitrogens with zero attached hydrogens (tertiary/aromatic N) is 1. The second-order valence-corrected chi connectivity index (χ2v) is 6.13. The molecule has 1 N–H and O–H groups in total. The maximum atomic E-state index is 13.0. The first-order valence-corrected chi connectivity index (χ1v) is 7.25. The molecule has 0 amide bonds. The van der Waals surface area contributed by atoms with E-state index in [4.69, 9.17) is 0 Å². The van der Waals surface area contributed by atoms with Crippen LogP contribution in [0.25, 0.3) is 0 Å². The van der Waals surface area contributed by atoms with Crippen molar-refractivity contribution in [2.24, 2.45) is 5.92 Å². The van der Waals surface area contributed by atoms with Gasteiger partial charge in [-0.2, -0.15) is 0 Å². The van der Waals surface area contributed by atoms with Crippen LogP contribution in [0, 0.1) is 11.7 Å². The summed E-state index contributed by atoms with van der Waals surface area (Å²) in [5.74, 6) is 0.454. The molecule has 4 heteroatoms. The minimum Gasteiger partial charge on any atom is -0.311 e. The van der Waals surface area contributed by atoms with E-state index in [1.807, 2.05) is 6.07 Å². The molecular formula is C14H20BrFN2. The third-order valence-electron chi connectivity index (χ3n) is 3.50. The summed E-state index contributed by atoms with van der Waals surface area (Å²) in [6.07, 6.45) is 0. The van der Waals surface area contributed by atoms with E-state index in [1.54, 1.807) is 0 Å². The average Bonchev–Trinajstić information content (AvgIpc) is 2.33. The first-order valence-electron chi connectivity index (χ1n) is 6.46. The number of hydrogen-bond acceptors (Lipinski definition) is 2. The first-order chi connectivity index (χ1) is 8.56. The number of nitrogens with one attached hydrogen (secondary N) is 1. The highest BCUT2D eigenvalue weighted by molar-refractivity contribution is 9.10. The number of rotatable bonds is 3. The summed E-state index contributed by atoms with van der Waals surface area (Å²) >= 11 is 3.44. The lowest BCUT2D eigenvalue weighted by Crippen LogP contribution is -2.52. The highest BCUT2D eigenvalue weighted by Gasteiger charge is 2.22. The van der Waals surface area contributed by atoms with E-state index < -0.39 is 0 Å². The van der Waals surface area contributed by atoms with E-state index in [2.05, 4.69) is 40.0 Å². The van der Waals surface area contributed by atoms with Crippen LogP contribution in [0.4, 0.5) is 4.39 Å². The lowest BCUT2D eigenvalue weighted by molar-refractivity contribution is 0.168. The van der Waals surface area contributed by atoms with Crippen LogP contribution in [0.1, 0.15) is 19.4 Å². The Bertz CT molecular complexity index is 409. The summed E-state index contributed by atoms with van der Waals surface area (Å²) in [5.41, 5.74) is 1.15. The van der Waals surface area contributed by atoms with E-state index >= 15 is 0 Å². The Morgan fingerprint density at radius 2 is 2.28 bits per heavy atom. The van der Waals surface area contributed by atoms with Crippen molar-refractivity contribution < 1.29 is 4.39 Å². The Balaban J connectivity index is 2.00. The highest BCUT2D eigenvalue weighted by Crippen LogP contribution is 2.20. The van der Waals surface area contributed by atoms with Gasteiger partial charge in [0.25, 0.3) is 0 Å². The summed E-state index contributed by atoms with van der Waals surface area (Å²) in [6.45, 7) is 8.51. The molecule has 18 heavy (non-hydrogen) atoms. The molecule has 1 aliphatic heterocycles. The van der Waals surface area contributed by atoms with Crippen LogP contribution >= 0.6 is 15.9 Å². The van der Waals surface area contributed by atoms with Crippen LogP contribution in [0.5, 0.6) is 0 Å². The third-order valence-corrected chi connectivity index (χ3v) is 4.24. The van der Waals surface area contributed by atoms with Crippen molar-refractivity contribution in [3.05, 3.63) is 34.1 Å². The van der Waals surface area contributed by atoms with Gasteiger partial charge in [0.05, 0.1) is 0 Å². The van der Waals surface area contributed by atoms with Crippen LogP contribution in [0.15, 0.2) is 22.7 Å². The number of halogens is 2. The predicted molar refractivity (Wildman–Crippen MR) is 76.0 cm³/mol. The molecule has 0 spiro atoms. The average molecular weight is 315 g/mol. The zero-order valence-corrected chi connectivity index (χ0v) is 12.5. The van der Waals surface area contributed by atoms with E-state index in [1.165, 1.54) is 12.1 Å². The molecule has 2 rings (SSSR count). The smallest absolute Gasteiger partial charge is 0.124 e. The van der Waals surface area contributed by atoms with Gasteiger partial charge in [-0.25, -0.2) is 4.39 Å². The van der Waals surface area contributed by atoms with Crippen molar-refractivity contribution in [2.45, 2.75) is 26.4 Å². The molecule has 0 bridgehead atoms. The first kappa shape index (κ1) is 14.0. The molecule has 1 aromatic carbocycles. The van der Waals surface area contributed by atoms with Crippen molar-refractivity contribution in [1.29, 1.82) is 0 Å². The molecule has 1 aromatic rings. The van der Waals surface area contributed by atoms with Gasteiger partial charge in [-0.3, -0.25) is 4.90 Å². The zero-order valence-electron chi connectivity index (χ0n) is 10.9. The molecule has 1 fully saturated rings. The van der Waals surface area contributed by atoms with E-state index in [0.29, 0.717) is 12.0 Å². The number of piperazine rings is 1. The molecule has 0 aromatic heterocycles. The minimum absolute atomic E-state index is 0.189. The SMILES string of the molecule is CC(C)C1CN(Cc2ccc(F)cc2Br)CCN1. The van der Waals surface area contributed by atoms with Gasteiger partial charge in [-0.1, -0.05) is 35.8 Å². The molecule has 0 saturated carbocycles. The van der Waals surface area contributed by atoms with Gasteiger partial charge in [-0.15, -0.1) is 0 Å². The lowest BCUT2D eigenvalue weighted by atomic mass is 10.0. The normalized spacial score (nSPS) is 21.5. The second kappa shape index (κ2) is 6.13. The zero-order chi connectivity index (χ0) is 13.1. The fraction of sp³-hybridized carbons (Fsp3) is 0.571. The summed E-state index contributed by atoms with van der Waals surface area (Å²) in [6, 6.07) is 5.49. The largest absolute Gasteiger partial charge is 0.311 e. The van der Waals surface area contributed by atoms with Gasteiger partial charge >= 0.3 is 0 Å². The molecule has 1 unspecified atom stereocenters. The van der Waals surface area contributed by atoms with Gasteiger partial charge in [0.15, 0.2) is 0 Å². The Morgan fingerprint density at radius 3 is 2.94 bits per heavy atom. The standard InChI is InChI=1S/C14H20BrFN2/c1-10(2)14-9-18(6-5-17-14)8-11-3-4-12(16)7-13(11)15/h3-4,7,10,14,17H,5-6,8-9H2,1-2H3. The highest BCUT2D eigenvalue weighted by atomic mass is 79.9. The quantitative estimate of drug-likeness (QED) is 0.922. The van der Waals surface area contributed by atoms with Crippen molar-refractivity contribution in [3.63, 3.8) is 0 Å². The molecular weight excluding hydrogens is 295 g/mol. The number of benzene rings is 1. The Kier molecular flexibility index (Phi) is 4.76. The topological polar surface area (TPSA) is 15.3 Å². The Hall–Kier alpha value is -0.450. The van der Waals surface area contributed by atoms with Gasteiger partial charge in [-0.05, 0) is 23.6 Å². The van der Waals surface area contributed by atoms with Crippen LogP contribution < -0.4 is 5.32 Å². The summed E-state index contributed by atoms with van der Waals surface area (Å²) in [5, 5.41) is 3.54. The maximum absolute atomic E-state index is 13.0. The van der Waals surface area contributed by atoms with Crippen LogP contribution in [-0.2, 0) is 6.54 Å². The fourth-order valence-corrected chi connectivity index (χ4v) is 2.80. The van der Waals surface area contributed by atoms with Crippen LogP contribution in [-0.4, -0.2) is 30.6 Å². The number of hydrogen-bond donors (Lipinski definition) is 1. The van der Waals surface area contributed by atoms with Gasteiger partial charge in [0.1, 0.15) is 5.82 Å². The van der Waals surface area contributed by atoms with E-state index in [9.17, 15) is 4.39 Å². The van der Waals surface area contributed by atoms with Crippen molar-refractivity contribution in [2.75, 3.05) is 19.6 Å². The van der Waals surface area contributed by atoms with E-state index in [0.717, 1.165) is 36.2 Å². The van der Waals surface area contributed by atoms with Gasteiger partial charge in [0.2, 0.25) is 0 Å². The second-order valence-electron chi connectivity index (χ2n) is 5.28. The fourth-order valence-electron chi connectivity index (χ4n) is 2.32. The molecule has 1 aliphatic rings. The summed E-state index contributed by atoms with van der Waals surface area (Å²) < 4.78 is 13.9. The summed E-state index contributed by atoms with van der Waals surface area (Å²) in [7, 11) is 0. The van der Waals surface area contributed by atoms with Gasteiger partial charge in [0, 0.05) is 36.7 Å². The van der Waals surface area contributed by atoms with Crippen molar-refractivity contribution in [1.82, 2.24) is 10.2 Å². The van der Waals surface area contributed by atoms with Crippen LogP contribution in [0.3, 0.4) is 0 Å². The molecule has 1 saturated heterocycles. The Morgan fingerprint density at radius 1 is 1.50 bits per heavy atom. The third kappa shape index (κ3) is 3.53. The van der Waals surface area contributed by atoms with Crippen molar-refractivity contribution >= 4 is 15.9 Å². The maximum Gasteiger partial charge on any atom is 0.124 e. The molecule has 0 radical (unpaired) electrons. The Labute approximate surface area is 117 Å². The lowest BCUT2D eigenvalue weighted by Gasteiger charge is -2.35. The molecule has 1 atom stereocenters. The van der Waals surface area contributed by atoms with Gasteiger partial charge < -0.3 is 5.32 Å². The molecule has 100 valence electrons. The molecule has 0 aliphatic carbocycles. The predicted octanol–water partition coefficient (Wildman–Crippen LogP) is 3.02. The van der Waals surface area contributed by atoms with E-state index in [-0.39, 0.29) is 5.82 Å². The minimum atomic E-state index is -0.189. The van der Waals surface area contributed by atoms with Crippen LogP contribution in [0.2, 0.25) is 0 Å². The van der Waals surface area contributed by atoms with Crippen molar-refractivity contribution in [3.8, 4) is 0 Å². The monoisotopic (exact) mass is 314 g/mol. The summed E-state index contributed by atoms with van der Waals surface area (Å²) in [4.78, 5) is 2.43. The molecule has 1 heterocycles. The molecule has 2 nitrogen and oxygen atoms in total.